The Morgan fingerprint density at radius 3 is 2.36 bits per heavy atom. The fraction of sp³-hybridized carbons (Fsp3) is 0.0455. The Morgan fingerprint density at radius 1 is 0.821 bits per heavy atom. The highest BCUT2D eigenvalue weighted by Crippen LogP contribution is 2.20. The second-order valence-corrected chi connectivity index (χ2v) is 6.38. The van der Waals surface area contributed by atoms with Gasteiger partial charge in [0.1, 0.15) is 0 Å². The van der Waals surface area contributed by atoms with E-state index in [1.807, 2.05) is 66.7 Å². The molecule has 0 aliphatic heterocycles. The van der Waals surface area contributed by atoms with Crippen LogP contribution in [0.25, 0.3) is 22.4 Å². The molecule has 1 heterocycles. The highest BCUT2D eigenvalue weighted by molar-refractivity contribution is 6.01. The number of benzene rings is 3. The molecule has 6 nitrogen and oxygen atoms in total. The number of hydrazine groups is 1. The lowest BCUT2D eigenvalue weighted by atomic mass is 10.1. The second kappa shape index (κ2) is 7.75. The first-order valence-corrected chi connectivity index (χ1v) is 8.93. The highest BCUT2D eigenvalue weighted by atomic mass is 16.2. The summed E-state index contributed by atoms with van der Waals surface area (Å²) in [5.74, 6) is 0.0563. The molecule has 28 heavy (non-hydrogen) atoms. The van der Waals surface area contributed by atoms with Gasteiger partial charge in [0.2, 0.25) is 5.91 Å². The number of aromatic amines is 2. The van der Waals surface area contributed by atoms with E-state index in [9.17, 15) is 9.59 Å². The Labute approximate surface area is 161 Å². The molecule has 0 saturated carbocycles. The van der Waals surface area contributed by atoms with Crippen LogP contribution in [0.1, 0.15) is 15.9 Å². The zero-order chi connectivity index (χ0) is 19.3. The molecule has 1 aromatic heterocycles. The third-order valence-corrected chi connectivity index (χ3v) is 4.41. The molecular formula is C22H19N4O2+. The Kier molecular flexibility index (Phi) is 4.84. The van der Waals surface area contributed by atoms with Gasteiger partial charge in [0.05, 0.1) is 17.5 Å². The van der Waals surface area contributed by atoms with Crippen LogP contribution in [0, 0.1) is 0 Å². The average molecular weight is 371 g/mol. The SMILES string of the molecule is O=C(Cc1ccccc1)NNC(=O)c1ccccc1-c1[nH]c2ccccc2[nH+]1. The van der Waals surface area contributed by atoms with Crippen molar-refractivity contribution >= 4 is 22.8 Å². The van der Waals surface area contributed by atoms with Gasteiger partial charge in [-0.2, -0.15) is 0 Å². The number of carbonyl (C=O) groups excluding carboxylic acids is 2. The van der Waals surface area contributed by atoms with Crippen molar-refractivity contribution in [2.45, 2.75) is 6.42 Å². The van der Waals surface area contributed by atoms with E-state index in [1.165, 1.54) is 0 Å². The number of nitrogens with one attached hydrogen (secondary N) is 4. The van der Waals surface area contributed by atoms with Gasteiger partial charge in [0.25, 0.3) is 11.7 Å². The maximum absolute atomic E-state index is 12.7. The van der Waals surface area contributed by atoms with E-state index in [1.54, 1.807) is 12.1 Å². The predicted octanol–water partition coefficient (Wildman–Crippen LogP) is 2.65. The summed E-state index contributed by atoms with van der Waals surface area (Å²) >= 11 is 0. The number of aromatic nitrogens is 2. The number of imidazole rings is 1. The van der Waals surface area contributed by atoms with Gasteiger partial charge in [-0.25, -0.2) is 9.97 Å². The number of hydrogen-bond donors (Lipinski definition) is 3. The van der Waals surface area contributed by atoms with E-state index in [0.717, 1.165) is 22.4 Å². The maximum atomic E-state index is 12.7. The fourth-order valence-corrected chi connectivity index (χ4v) is 3.05. The summed E-state index contributed by atoms with van der Waals surface area (Å²) in [6.45, 7) is 0. The van der Waals surface area contributed by atoms with Crippen molar-refractivity contribution in [1.82, 2.24) is 15.8 Å². The topological polar surface area (TPSA) is 88.1 Å². The number of para-hydroxylation sites is 2. The zero-order valence-corrected chi connectivity index (χ0v) is 15.0. The minimum atomic E-state index is -0.385. The fourth-order valence-electron chi connectivity index (χ4n) is 3.05. The van der Waals surface area contributed by atoms with Gasteiger partial charge in [-0.1, -0.05) is 54.6 Å². The lowest BCUT2D eigenvalue weighted by molar-refractivity contribution is -0.330. The third kappa shape index (κ3) is 3.76. The molecule has 0 atom stereocenters. The van der Waals surface area contributed by atoms with Crippen molar-refractivity contribution in [1.29, 1.82) is 0 Å². The van der Waals surface area contributed by atoms with E-state index in [2.05, 4.69) is 20.8 Å². The normalized spacial score (nSPS) is 10.6. The number of amides is 2. The quantitative estimate of drug-likeness (QED) is 0.482. The van der Waals surface area contributed by atoms with Crippen LogP contribution < -0.4 is 15.8 Å². The first-order chi connectivity index (χ1) is 13.7. The summed E-state index contributed by atoms with van der Waals surface area (Å²) < 4.78 is 0. The smallest absolute Gasteiger partial charge is 0.273 e. The van der Waals surface area contributed by atoms with Crippen LogP contribution in [0.5, 0.6) is 0 Å². The molecule has 6 heteroatoms. The Bertz CT molecular complexity index is 1100. The van der Waals surface area contributed by atoms with Crippen molar-refractivity contribution in [2.24, 2.45) is 0 Å². The van der Waals surface area contributed by atoms with Crippen molar-refractivity contribution < 1.29 is 14.6 Å². The summed E-state index contributed by atoms with van der Waals surface area (Å²) in [6.07, 6.45) is 0.193. The highest BCUT2D eigenvalue weighted by Gasteiger charge is 2.19. The van der Waals surface area contributed by atoms with Crippen LogP contribution in [-0.4, -0.2) is 16.8 Å². The largest absolute Gasteiger partial charge is 0.286 e. The molecule has 2 amide bonds. The summed E-state index contributed by atoms with van der Waals surface area (Å²) in [4.78, 5) is 31.3. The van der Waals surface area contributed by atoms with Crippen LogP contribution in [0.15, 0.2) is 78.9 Å². The summed E-state index contributed by atoms with van der Waals surface area (Å²) in [6, 6.07) is 24.4. The van der Waals surface area contributed by atoms with Gasteiger partial charge in [0, 0.05) is 0 Å². The summed E-state index contributed by atoms with van der Waals surface area (Å²) in [7, 11) is 0. The first-order valence-electron chi connectivity index (χ1n) is 8.93. The molecule has 0 radical (unpaired) electrons. The van der Waals surface area contributed by atoms with Crippen molar-refractivity contribution in [3.05, 3.63) is 90.0 Å². The second-order valence-electron chi connectivity index (χ2n) is 6.38. The molecule has 0 aliphatic carbocycles. The zero-order valence-electron chi connectivity index (χ0n) is 15.0. The van der Waals surface area contributed by atoms with Gasteiger partial charge in [-0.3, -0.25) is 20.4 Å². The van der Waals surface area contributed by atoms with Crippen LogP contribution >= 0.6 is 0 Å². The molecule has 0 aliphatic rings. The van der Waals surface area contributed by atoms with E-state index in [4.69, 9.17) is 0 Å². The molecule has 0 saturated heterocycles. The molecule has 4 aromatic rings. The molecule has 0 unspecified atom stereocenters. The minimum absolute atomic E-state index is 0.193. The summed E-state index contributed by atoms with van der Waals surface area (Å²) in [5, 5.41) is 0. The Balaban J connectivity index is 1.50. The van der Waals surface area contributed by atoms with Gasteiger partial charge >= 0.3 is 0 Å². The number of rotatable bonds is 4. The predicted molar refractivity (Wildman–Crippen MR) is 106 cm³/mol. The monoisotopic (exact) mass is 371 g/mol. The summed E-state index contributed by atoms with van der Waals surface area (Å²) in [5.41, 5.74) is 8.91. The maximum Gasteiger partial charge on any atom is 0.286 e. The molecule has 4 rings (SSSR count). The lowest BCUT2D eigenvalue weighted by Crippen LogP contribution is -2.42. The molecule has 0 spiro atoms. The van der Waals surface area contributed by atoms with E-state index < -0.39 is 0 Å². The van der Waals surface area contributed by atoms with Gasteiger partial charge < -0.3 is 0 Å². The molecule has 3 aromatic carbocycles. The van der Waals surface area contributed by atoms with Gasteiger partial charge in [0.15, 0.2) is 11.0 Å². The number of carbonyl (C=O) groups is 2. The molecule has 138 valence electrons. The van der Waals surface area contributed by atoms with Crippen molar-refractivity contribution in [2.75, 3.05) is 0 Å². The standard InChI is InChI=1S/C22H18N4O2/c27-20(14-15-8-2-1-3-9-15)25-26-22(28)17-11-5-4-10-16(17)21-23-18-12-6-7-13-19(18)24-21/h1-13H,14H2,(H,23,24)(H,25,27)(H,26,28)/p+1. The number of fused-ring (bicyclic) bond motifs is 1. The Hall–Kier alpha value is -3.93. The minimum Gasteiger partial charge on any atom is -0.273 e. The third-order valence-electron chi connectivity index (χ3n) is 4.41. The molecule has 0 fully saturated rings. The van der Waals surface area contributed by atoms with Gasteiger partial charge in [-0.15, -0.1) is 0 Å². The van der Waals surface area contributed by atoms with Crippen LogP contribution in [0.2, 0.25) is 0 Å². The first kappa shape index (κ1) is 17.5. The molecular weight excluding hydrogens is 352 g/mol. The van der Waals surface area contributed by atoms with Crippen LogP contribution in [-0.2, 0) is 11.2 Å². The van der Waals surface area contributed by atoms with E-state index in [0.29, 0.717) is 11.1 Å². The van der Waals surface area contributed by atoms with Crippen LogP contribution in [0.3, 0.4) is 0 Å². The number of H-pyrrole nitrogens is 2. The average Bonchev–Trinajstić information content (AvgIpc) is 3.17. The van der Waals surface area contributed by atoms with E-state index >= 15 is 0 Å². The molecule has 0 bridgehead atoms. The van der Waals surface area contributed by atoms with Gasteiger partial charge in [-0.05, 0) is 29.8 Å². The molecule has 4 N–H and O–H groups in total. The van der Waals surface area contributed by atoms with Crippen molar-refractivity contribution in [3.8, 4) is 11.4 Å². The number of hydrogen-bond acceptors (Lipinski definition) is 2. The lowest BCUT2D eigenvalue weighted by Gasteiger charge is -2.09. The van der Waals surface area contributed by atoms with Crippen LogP contribution in [0.4, 0.5) is 0 Å². The van der Waals surface area contributed by atoms with Crippen molar-refractivity contribution in [3.63, 3.8) is 0 Å². The Morgan fingerprint density at radius 2 is 1.54 bits per heavy atom. The van der Waals surface area contributed by atoms with E-state index in [-0.39, 0.29) is 18.2 Å².